The fourth-order valence-electron chi connectivity index (χ4n) is 4.77. The van der Waals surface area contributed by atoms with Gasteiger partial charge in [0, 0.05) is 22.4 Å². The molecule has 6 nitrogen and oxygen atoms in total. The highest BCUT2D eigenvalue weighted by molar-refractivity contribution is 9.10. The third-order valence-corrected chi connectivity index (χ3v) is 6.53. The Labute approximate surface area is 178 Å². The Hall–Kier alpha value is -1.77. The number of benzene rings is 2. The summed E-state index contributed by atoms with van der Waals surface area (Å²) in [5.74, 6) is -1.96. The molecule has 2 aromatic rings. The molecule has 6 unspecified atom stereocenters. The van der Waals surface area contributed by atoms with Crippen LogP contribution in [-0.4, -0.2) is 34.1 Å². The summed E-state index contributed by atoms with van der Waals surface area (Å²) < 4.78 is 6.51. The van der Waals surface area contributed by atoms with E-state index in [2.05, 4.69) is 26.8 Å². The van der Waals surface area contributed by atoms with E-state index >= 15 is 0 Å². The zero-order valence-corrected chi connectivity index (χ0v) is 17.7. The number of aliphatic hydroxyl groups is 2. The first-order valence-corrected chi connectivity index (χ1v) is 10.5. The number of aliphatic hydroxyl groups excluding tert-OH is 1. The smallest absolute Gasteiger partial charge is 0.312 e. The van der Waals surface area contributed by atoms with E-state index < -0.39 is 29.6 Å². The minimum atomic E-state index is -1.29. The second-order valence-electron chi connectivity index (χ2n) is 8.13. The van der Waals surface area contributed by atoms with E-state index in [9.17, 15) is 15.0 Å². The van der Waals surface area contributed by atoms with Gasteiger partial charge in [0.05, 0.1) is 11.5 Å². The quantitative estimate of drug-likeness (QED) is 0.524. The summed E-state index contributed by atoms with van der Waals surface area (Å²) in [4.78, 5) is 13.2. The Kier molecular flexibility index (Phi) is 5.77. The average molecular weight is 461 g/mol. The van der Waals surface area contributed by atoms with Crippen molar-refractivity contribution in [2.75, 3.05) is 0 Å². The van der Waals surface area contributed by atoms with Crippen molar-refractivity contribution in [3.05, 3.63) is 70.2 Å². The molecule has 29 heavy (non-hydrogen) atoms. The number of hydrogen-bond acceptors (Lipinski definition) is 6. The molecule has 154 valence electrons. The number of carbonyl (C=O) groups excluding carboxylic acids is 1. The van der Waals surface area contributed by atoms with Crippen LogP contribution in [0.15, 0.2) is 59.1 Å². The second kappa shape index (κ2) is 8.16. The minimum Gasteiger partial charge on any atom is -0.461 e. The third kappa shape index (κ3) is 4.11. The Morgan fingerprint density at radius 1 is 1.21 bits per heavy atom. The molecule has 1 saturated heterocycles. The number of rotatable bonds is 4. The van der Waals surface area contributed by atoms with E-state index in [1.165, 1.54) is 0 Å². The zero-order valence-electron chi connectivity index (χ0n) is 16.1. The first-order valence-electron chi connectivity index (χ1n) is 9.74. The van der Waals surface area contributed by atoms with Crippen LogP contribution in [0, 0.1) is 11.8 Å². The molecule has 1 saturated carbocycles. The Morgan fingerprint density at radius 3 is 2.69 bits per heavy atom. The van der Waals surface area contributed by atoms with E-state index in [0.29, 0.717) is 6.42 Å². The molecule has 0 bridgehead atoms. The average Bonchev–Trinajstić information content (AvgIpc) is 3.05. The topological polar surface area (TPSA) is 90.8 Å². The lowest BCUT2D eigenvalue weighted by molar-refractivity contribution is -0.168. The highest BCUT2D eigenvalue weighted by Gasteiger charge is 2.58. The predicted octanol–water partition coefficient (Wildman–Crippen LogP) is 2.46. The fraction of sp³-hybridized carbons (Fsp3) is 0.409. The maximum atomic E-state index is 13.2. The SMILES string of the molecule is CC1(O)CC2NNC(O)C2C(c2cccc(Br)c2)C1C(=O)OCc1ccccc1. The van der Waals surface area contributed by atoms with Gasteiger partial charge in [0.1, 0.15) is 12.8 Å². The highest BCUT2D eigenvalue weighted by Crippen LogP contribution is 2.50. The van der Waals surface area contributed by atoms with Crippen LogP contribution in [0.4, 0.5) is 0 Å². The molecule has 2 fully saturated rings. The molecule has 1 aliphatic heterocycles. The number of halogens is 1. The van der Waals surface area contributed by atoms with Crippen molar-refractivity contribution in [1.29, 1.82) is 0 Å². The van der Waals surface area contributed by atoms with Crippen LogP contribution in [0.3, 0.4) is 0 Å². The largest absolute Gasteiger partial charge is 0.461 e. The monoisotopic (exact) mass is 460 g/mol. The molecule has 4 rings (SSSR count). The minimum absolute atomic E-state index is 0.143. The number of hydrogen-bond donors (Lipinski definition) is 4. The van der Waals surface area contributed by atoms with Crippen LogP contribution < -0.4 is 10.9 Å². The maximum Gasteiger partial charge on any atom is 0.312 e. The predicted molar refractivity (Wildman–Crippen MR) is 111 cm³/mol. The van der Waals surface area contributed by atoms with E-state index in [4.69, 9.17) is 4.74 Å². The van der Waals surface area contributed by atoms with Crippen molar-refractivity contribution in [3.63, 3.8) is 0 Å². The normalized spacial score (nSPS) is 33.9. The van der Waals surface area contributed by atoms with Gasteiger partial charge < -0.3 is 14.9 Å². The van der Waals surface area contributed by atoms with Crippen LogP contribution in [-0.2, 0) is 16.1 Å². The van der Waals surface area contributed by atoms with Gasteiger partial charge in [-0.2, -0.15) is 0 Å². The first-order chi connectivity index (χ1) is 13.9. The number of carbonyl (C=O) groups is 1. The summed E-state index contributed by atoms with van der Waals surface area (Å²) >= 11 is 3.49. The van der Waals surface area contributed by atoms with Crippen LogP contribution in [0.1, 0.15) is 30.4 Å². The lowest BCUT2D eigenvalue weighted by Gasteiger charge is -2.47. The highest BCUT2D eigenvalue weighted by atomic mass is 79.9. The molecule has 6 atom stereocenters. The van der Waals surface area contributed by atoms with Crippen LogP contribution >= 0.6 is 15.9 Å². The van der Waals surface area contributed by atoms with Gasteiger partial charge in [-0.1, -0.05) is 58.4 Å². The van der Waals surface area contributed by atoms with Crippen molar-refractivity contribution in [3.8, 4) is 0 Å². The molecule has 2 aliphatic rings. The van der Waals surface area contributed by atoms with Gasteiger partial charge in [-0.05, 0) is 36.6 Å². The van der Waals surface area contributed by atoms with Crippen molar-refractivity contribution in [1.82, 2.24) is 10.9 Å². The summed E-state index contributed by atoms with van der Waals surface area (Å²) in [5.41, 5.74) is 6.40. The van der Waals surface area contributed by atoms with Gasteiger partial charge >= 0.3 is 5.97 Å². The molecule has 0 radical (unpaired) electrons. The van der Waals surface area contributed by atoms with Gasteiger partial charge in [-0.15, -0.1) is 0 Å². The summed E-state index contributed by atoms with van der Waals surface area (Å²) in [6.07, 6.45) is -0.498. The number of fused-ring (bicyclic) bond motifs is 1. The van der Waals surface area contributed by atoms with Gasteiger partial charge in [0.2, 0.25) is 0 Å². The summed E-state index contributed by atoms with van der Waals surface area (Å²) in [7, 11) is 0. The molecule has 1 heterocycles. The van der Waals surface area contributed by atoms with Crippen molar-refractivity contribution in [2.24, 2.45) is 11.8 Å². The summed E-state index contributed by atoms with van der Waals surface area (Å²) in [5, 5.41) is 21.9. The van der Waals surface area contributed by atoms with Crippen LogP contribution in [0.2, 0.25) is 0 Å². The lowest BCUT2D eigenvalue weighted by atomic mass is 9.60. The van der Waals surface area contributed by atoms with E-state index in [-0.39, 0.29) is 18.6 Å². The lowest BCUT2D eigenvalue weighted by Crippen LogP contribution is -2.56. The Morgan fingerprint density at radius 2 is 1.97 bits per heavy atom. The first kappa shape index (κ1) is 20.5. The van der Waals surface area contributed by atoms with Gasteiger partial charge in [-0.25, -0.2) is 5.43 Å². The van der Waals surface area contributed by atoms with Gasteiger partial charge in [0.15, 0.2) is 0 Å². The molecule has 7 heteroatoms. The van der Waals surface area contributed by atoms with Crippen LogP contribution in [0.5, 0.6) is 0 Å². The zero-order chi connectivity index (χ0) is 20.6. The van der Waals surface area contributed by atoms with Crippen molar-refractivity contribution < 1.29 is 19.7 Å². The summed E-state index contributed by atoms with van der Waals surface area (Å²) in [6, 6.07) is 17.0. The number of nitrogens with one attached hydrogen (secondary N) is 2. The van der Waals surface area contributed by atoms with E-state index in [1.807, 2.05) is 54.6 Å². The Balaban J connectivity index is 1.68. The standard InChI is InChI=1S/C22H25BrN2O4/c1-22(28)11-16-18(20(26)25-24-16)17(14-8-5-9-15(23)10-14)19(22)21(27)29-12-13-6-3-2-4-7-13/h2-10,16-20,24-26,28H,11-12H2,1H3. The molecule has 0 spiro atoms. The molecular weight excluding hydrogens is 436 g/mol. The number of hydrazine groups is 1. The fourth-order valence-corrected chi connectivity index (χ4v) is 5.18. The maximum absolute atomic E-state index is 13.2. The second-order valence-corrected chi connectivity index (χ2v) is 9.05. The van der Waals surface area contributed by atoms with Crippen LogP contribution in [0.25, 0.3) is 0 Å². The molecule has 0 amide bonds. The molecule has 1 aliphatic carbocycles. The molecule has 0 aromatic heterocycles. The number of ether oxygens (including phenoxy) is 1. The van der Waals surface area contributed by atoms with Gasteiger partial charge in [0.25, 0.3) is 0 Å². The van der Waals surface area contributed by atoms with E-state index in [0.717, 1.165) is 15.6 Å². The summed E-state index contributed by atoms with van der Waals surface area (Å²) in [6.45, 7) is 1.82. The van der Waals surface area contributed by atoms with Crippen molar-refractivity contribution in [2.45, 2.75) is 43.7 Å². The van der Waals surface area contributed by atoms with Gasteiger partial charge in [-0.3, -0.25) is 10.2 Å². The molecular formula is C22H25BrN2O4. The Bertz CT molecular complexity index is 876. The molecule has 2 aromatic carbocycles. The van der Waals surface area contributed by atoms with E-state index in [1.54, 1.807) is 6.92 Å². The molecule has 4 N–H and O–H groups in total. The number of esters is 1. The van der Waals surface area contributed by atoms with Crippen molar-refractivity contribution >= 4 is 21.9 Å². The third-order valence-electron chi connectivity index (χ3n) is 6.03.